The normalized spacial score (nSPS) is 40.9. The van der Waals surface area contributed by atoms with E-state index in [0.717, 1.165) is 43.9 Å². The lowest BCUT2D eigenvalue weighted by molar-refractivity contribution is -0.277. The van der Waals surface area contributed by atoms with Crippen molar-refractivity contribution in [2.24, 2.45) is 29.6 Å². The number of rotatable bonds is 10. The summed E-state index contributed by atoms with van der Waals surface area (Å²) in [5.41, 5.74) is -3.47. The summed E-state index contributed by atoms with van der Waals surface area (Å²) in [4.78, 5) is 37.1. The van der Waals surface area contributed by atoms with Crippen molar-refractivity contribution < 1.29 is 47.2 Å². The molecule has 8 fully saturated rings. The average molecular weight is 609 g/mol. The third kappa shape index (κ3) is 6.93. The largest absolute Gasteiger partial charge is 0.457 e. The first kappa shape index (κ1) is 33.9. The van der Waals surface area contributed by atoms with Gasteiger partial charge in [0.2, 0.25) is 0 Å². The van der Waals surface area contributed by atoms with Crippen LogP contribution in [0.25, 0.3) is 0 Å². The summed E-state index contributed by atoms with van der Waals surface area (Å²) in [7, 11) is 15.8. The van der Waals surface area contributed by atoms with E-state index < -0.39 is 53.3 Å². The van der Waals surface area contributed by atoms with E-state index in [4.69, 9.17) is 37.4 Å². The molecule has 0 saturated heterocycles. The molecule has 8 aliphatic rings. The summed E-state index contributed by atoms with van der Waals surface area (Å²) < 4.78 is 48.9. The lowest BCUT2D eigenvalue weighted by atomic mass is 8.97. The first-order chi connectivity index (χ1) is 20.5. The van der Waals surface area contributed by atoms with E-state index >= 15 is 0 Å². The molecule has 44 heavy (non-hydrogen) atoms. The first-order valence-electron chi connectivity index (χ1n) is 15.9. The number of alkyl halides is 2. The summed E-state index contributed by atoms with van der Waals surface area (Å²) in [6, 6.07) is 0. The molecule has 0 spiro atoms. The second-order valence-electron chi connectivity index (χ2n) is 14.7. The van der Waals surface area contributed by atoms with E-state index in [1.54, 1.807) is 0 Å². The lowest BCUT2D eigenvalue weighted by Crippen LogP contribution is -2.68. The summed E-state index contributed by atoms with van der Waals surface area (Å²) >= 11 is 0. The summed E-state index contributed by atoms with van der Waals surface area (Å²) in [6.45, 7) is 1.34. The van der Waals surface area contributed by atoms with E-state index in [1.807, 2.05) is 0 Å². The fraction of sp³-hybridized carbons (Fsp3) is 0.897. The number of hydrogen-bond acceptors (Lipinski definition) is 8. The molecule has 1 N–H and O–H groups in total. The number of ether oxygens (including phenoxy) is 4. The number of esters is 3. The third-order valence-electron chi connectivity index (χ3n) is 11.0. The summed E-state index contributed by atoms with van der Waals surface area (Å²) in [5, 5.41) is 11.3. The van der Waals surface area contributed by atoms with Crippen molar-refractivity contribution in [2.45, 2.75) is 119 Å². The number of carbonyl (C=O) groups excluding carboxylic acids is 3. The van der Waals surface area contributed by atoms with Crippen LogP contribution in [0.15, 0.2) is 0 Å². The Morgan fingerprint density at radius 3 is 1.95 bits per heavy atom. The Hall–Kier alpha value is -1.49. The Bertz CT molecular complexity index is 1100. The molecule has 0 aliphatic heterocycles. The first-order valence-corrected chi connectivity index (χ1v) is 15.9. The minimum absolute atomic E-state index is 0.0176. The molecule has 8 bridgehead atoms. The maximum atomic E-state index is 13.3. The molecule has 4 atom stereocenters. The minimum atomic E-state index is -3.71. The molecule has 0 aromatic heterocycles. The topological polar surface area (TPSA) is 108 Å². The standard InChI is InChI=1S/C29H40F2O8.B5/c1-3-29(20-5-17-4-18(7-20)8-21(29)6-17)39-23(33)13-37-27-10-19-9-26(35,14-27)15-28(11-19,16-27)38-22(32)12-36-24(34)25(2,30)31;1-4-5(2)3/h17-21,35H,3-16H2,1-2H3;. The van der Waals surface area contributed by atoms with Crippen molar-refractivity contribution in [2.75, 3.05) is 13.2 Å². The zero-order chi connectivity index (χ0) is 32.1. The van der Waals surface area contributed by atoms with Crippen LogP contribution >= 0.6 is 0 Å². The van der Waals surface area contributed by atoms with E-state index in [2.05, 4.69) is 11.7 Å². The van der Waals surface area contributed by atoms with Gasteiger partial charge in [-0.2, -0.15) is 8.78 Å². The van der Waals surface area contributed by atoms with Gasteiger partial charge in [0.15, 0.2) is 6.61 Å². The molecule has 233 valence electrons. The Balaban J connectivity index is 0.000000712. The van der Waals surface area contributed by atoms with Gasteiger partial charge in [0, 0.05) is 62.8 Å². The van der Waals surface area contributed by atoms with Gasteiger partial charge in [-0.25, -0.2) is 14.4 Å². The van der Waals surface area contributed by atoms with Crippen molar-refractivity contribution in [3.8, 4) is 0 Å². The quantitative estimate of drug-likeness (QED) is 0.229. The van der Waals surface area contributed by atoms with Crippen molar-refractivity contribution in [1.82, 2.24) is 0 Å². The number of halogens is 2. The second kappa shape index (κ2) is 12.3. The summed E-state index contributed by atoms with van der Waals surface area (Å²) in [6.07, 6.45) is 8.66. The van der Waals surface area contributed by atoms with Gasteiger partial charge in [0.05, 0.1) is 11.2 Å². The van der Waals surface area contributed by atoms with Gasteiger partial charge >= 0.3 is 23.8 Å². The molecule has 15 heteroatoms. The van der Waals surface area contributed by atoms with Gasteiger partial charge in [-0.15, -0.1) is 0 Å². The van der Waals surface area contributed by atoms with Gasteiger partial charge in [0.1, 0.15) is 17.8 Å². The molecule has 8 saturated carbocycles. The number of aliphatic hydroxyl groups is 1. The molecule has 0 heterocycles. The van der Waals surface area contributed by atoms with Crippen LogP contribution in [-0.4, -0.2) is 101 Å². The molecular formula is C29H40B5F2O8. The van der Waals surface area contributed by atoms with Crippen LogP contribution in [0.2, 0.25) is 0 Å². The highest BCUT2D eigenvalue weighted by Crippen LogP contribution is 2.63. The Morgan fingerprint density at radius 1 is 0.886 bits per heavy atom. The molecular weight excluding hydrogens is 568 g/mol. The fourth-order valence-electron chi connectivity index (χ4n) is 10.3. The molecule has 0 amide bonds. The lowest BCUT2D eigenvalue weighted by Gasteiger charge is -2.63. The molecule has 0 aromatic carbocycles. The van der Waals surface area contributed by atoms with Crippen molar-refractivity contribution >= 4 is 54.6 Å². The third-order valence-corrected chi connectivity index (χ3v) is 11.0. The van der Waals surface area contributed by atoms with Crippen LogP contribution in [0.5, 0.6) is 0 Å². The predicted octanol–water partition coefficient (Wildman–Crippen LogP) is 2.19. The van der Waals surface area contributed by atoms with Gasteiger partial charge in [0.25, 0.3) is 0 Å². The maximum absolute atomic E-state index is 13.3. The zero-order valence-corrected chi connectivity index (χ0v) is 25.7. The van der Waals surface area contributed by atoms with E-state index in [0.29, 0.717) is 44.4 Å². The van der Waals surface area contributed by atoms with Crippen LogP contribution in [0.4, 0.5) is 8.78 Å². The van der Waals surface area contributed by atoms with Gasteiger partial charge in [-0.3, -0.25) is 0 Å². The zero-order valence-electron chi connectivity index (χ0n) is 25.7. The highest BCUT2D eigenvalue weighted by molar-refractivity contribution is 7.60. The predicted molar refractivity (Wildman–Crippen MR) is 160 cm³/mol. The molecule has 4 unspecified atom stereocenters. The van der Waals surface area contributed by atoms with E-state index in [1.165, 1.54) is 13.5 Å². The van der Waals surface area contributed by atoms with Crippen LogP contribution in [0, 0.1) is 29.6 Å². The highest BCUT2D eigenvalue weighted by atomic mass is 19.3. The molecule has 8 rings (SSSR count). The van der Waals surface area contributed by atoms with Crippen LogP contribution in [0.1, 0.15) is 90.9 Å². The molecule has 8 aliphatic carbocycles. The second-order valence-corrected chi connectivity index (χ2v) is 14.7. The van der Waals surface area contributed by atoms with Gasteiger partial charge < -0.3 is 24.1 Å². The number of hydrogen-bond donors (Lipinski definition) is 1. The number of carbonyl (C=O) groups is 3. The van der Waals surface area contributed by atoms with Crippen molar-refractivity contribution in [3.05, 3.63) is 0 Å². The molecule has 8 nitrogen and oxygen atoms in total. The minimum Gasteiger partial charge on any atom is -0.457 e. The van der Waals surface area contributed by atoms with E-state index in [-0.39, 0.29) is 31.3 Å². The highest BCUT2D eigenvalue weighted by Gasteiger charge is 2.66. The van der Waals surface area contributed by atoms with Crippen molar-refractivity contribution in [3.63, 3.8) is 0 Å². The Labute approximate surface area is 263 Å². The molecule has 7 radical (unpaired) electrons. The van der Waals surface area contributed by atoms with Crippen molar-refractivity contribution in [1.29, 1.82) is 0 Å². The average Bonchev–Trinajstić information content (AvgIpc) is 2.90. The monoisotopic (exact) mass is 609 g/mol. The SMILES string of the molecule is CCC1(OC(=O)COC23CC4CC(O)(C2)CC(OC(=O)COC(=O)C(C)(F)F)(C4)C3)C2CC3CC(C2)CC1C3.[B][B]B([B])[B]. The van der Waals surface area contributed by atoms with E-state index in [9.17, 15) is 28.3 Å². The van der Waals surface area contributed by atoms with Crippen LogP contribution in [0.3, 0.4) is 0 Å². The Kier molecular flexibility index (Phi) is 9.45. The molecule has 0 aromatic rings. The van der Waals surface area contributed by atoms with Crippen LogP contribution in [-0.2, 0) is 33.3 Å². The van der Waals surface area contributed by atoms with Gasteiger partial charge in [-0.05, 0) is 87.4 Å². The maximum Gasteiger partial charge on any atom is 0.377 e. The summed E-state index contributed by atoms with van der Waals surface area (Å²) in [5.74, 6) is -4.48. The van der Waals surface area contributed by atoms with Crippen LogP contribution < -0.4 is 0 Å². The Morgan fingerprint density at radius 2 is 1.43 bits per heavy atom. The smallest absolute Gasteiger partial charge is 0.377 e. The fourth-order valence-corrected chi connectivity index (χ4v) is 10.3. The van der Waals surface area contributed by atoms with Gasteiger partial charge in [-0.1, -0.05) is 6.92 Å².